The first kappa shape index (κ1) is 19.9. The summed E-state index contributed by atoms with van der Waals surface area (Å²) < 4.78 is 0. The van der Waals surface area contributed by atoms with Crippen LogP contribution < -0.4 is 10.2 Å². The summed E-state index contributed by atoms with van der Waals surface area (Å²) in [5.74, 6) is 0.691. The highest BCUT2D eigenvalue weighted by Crippen LogP contribution is 2.37. The summed E-state index contributed by atoms with van der Waals surface area (Å²) in [5.41, 5.74) is 8.65. The van der Waals surface area contributed by atoms with E-state index in [0.29, 0.717) is 18.4 Å². The number of anilines is 2. The number of aryl methyl sites for hydroxylation is 2. The minimum absolute atomic E-state index is 0.196. The summed E-state index contributed by atoms with van der Waals surface area (Å²) in [6.07, 6.45) is 3.58. The van der Waals surface area contributed by atoms with Gasteiger partial charge in [0.15, 0.2) is 0 Å². The number of nitrogens with one attached hydrogen (secondary N) is 1. The fourth-order valence-corrected chi connectivity index (χ4v) is 5.18. The number of amides is 1. The van der Waals surface area contributed by atoms with Crippen molar-refractivity contribution in [2.24, 2.45) is 5.92 Å². The standard InChI is InChI=1S/C28H30N2O/c1-19-7-5-9-23(15-19)28-20(2)16-24-17-21(12-13-25(24)29-28)18-27(31)30-14-6-10-22-8-3-4-11-26(22)30/h3-5,7-9,11-13,15,17,20,28-29H,6,10,14,16,18H2,1-2H3/t20?,28-/m0/s1. The molecule has 0 spiro atoms. The van der Waals surface area contributed by atoms with Gasteiger partial charge in [-0.25, -0.2) is 0 Å². The maximum absolute atomic E-state index is 13.1. The van der Waals surface area contributed by atoms with E-state index in [-0.39, 0.29) is 5.91 Å². The first-order valence-electron chi connectivity index (χ1n) is 11.4. The largest absolute Gasteiger partial charge is 0.378 e. The lowest BCUT2D eigenvalue weighted by atomic mass is 9.84. The van der Waals surface area contributed by atoms with Crippen molar-refractivity contribution in [2.75, 3.05) is 16.8 Å². The predicted molar refractivity (Wildman–Crippen MR) is 128 cm³/mol. The summed E-state index contributed by atoms with van der Waals surface area (Å²) in [7, 11) is 0. The highest BCUT2D eigenvalue weighted by Gasteiger charge is 2.27. The van der Waals surface area contributed by atoms with Crippen LogP contribution in [0.3, 0.4) is 0 Å². The van der Waals surface area contributed by atoms with Crippen LogP contribution in [0.4, 0.5) is 11.4 Å². The molecule has 3 heteroatoms. The minimum Gasteiger partial charge on any atom is -0.378 e. The quantitative estimate of drug-likeness (QED) is 0.586. The van der Waals surface area contributed by atoms with E-state index in [1.165, 1.54) is 27.9 Å². The Morgan fingerprint density at radius 2 is 1.90 bits per heavy atom. The molecule has 1 unspecified atom stereocenters. The Kier molecular flexibility index (Phi) is 5.27. The van der Waals surface area contributed by atoms with Crippen LogP contribution >= 0.6 is 0 Å². The van der Waals surface area contributed by atoms with Gasteiger partial charge >= 0.3 is 0 Å². The van der Waals surface area contributed by atoms with Gasteiger partial charge in [0, 0.05) is 17.9 Å². The van der Waals surface area contributed by atoms with Gasteiger partial charge in [-0.2, -0.15) is 0 Å². The van der Waals surface area contributed by atoms with E-state index in [9.17, 15) is 4.79 Å². The van der Waals surface area contributed by atoms with Crippen molar-refractivity contribution >= 4 is 17.3 Å². The Bertz CT molecular complexity index is 1120. The van der Waals surface area contributed by atoms with Gasteiger partial charge in [-0.3, -0.25) is 4.79 Å². The molecule has 5 rings (SSSR count). The number of hydrogen-bond donors (Lipinski definition) is 1. The van der Waals surface area contributed by atoms with E-state index in [2.05, 4.69) is 79.8 Å². The molecule has 2 aliphatic rings. The predicted octanol–water partition coefficient (Wildman–Crippen LogP) is 5.86. The Labute approximate surface area is 185 Å². The highest BCUT2D eigenvalue weighted by molar-refractivity contribution is 5.96. The lowest BCUT2D eigenvalue weighted by molar-refractivity contribution is -0.118. The van der Waals surface area contributed by atoms with Crippen LogP contribution in [-0.2, 0) is 24.1 Å². The van der Waals surface area contributed by atoms with Crippen molar-refractivity contribution in [3.63, 3.8) is 0 Å². The molecule has 1 amide bonds. The SMILES string of the molecule is Cc1cccc([C@H]2Nc3ccc(CC(=O)N4CCCc5ccccc54)cc3CC2C)c1. The second-order valence-electron chi connectivity index (χ2n) is 9.16. The van der Waals surface area contributed by atoms with Crippen molar-refractivity contribution < 1.29 is 4.79 Å². The molecule has 2 heterocycles. The van der Waals surface area contributed by atoms with Crippen LogP contribution in [0.1, 0.15) is 47.2 Å². The molecule has 0 radical (unpaired) electrons. The topological polar surface area (TPSA) is 32.3 Å². The molecule has 158 valence electrons. The van der Waals surface area contributed by atoms with Gasteiger partial charge in [0.05, 0.1) is 12.5 Å². The Balaban J connectivity index is 1.34. The van der Waals surface area contributed by atoms with Crippen molar-refractivity contribution in [1.29, 1.82) is 0 Å². The van der Waals surface area contributed by atoms with Gasteiger partial charge in [0.2, 0.25) is 5.91 Å². The molecular formula is C28H30N2O. The third-order valence-electron chi connectivity index (χ3n) is 6.76. The normalized spacial score (nSPS) is 19.9. The van der Waals surface area contributed by atoms with Crippen LogP contribution in [0, 0.1) is 12.8 Å². The van der Waals surface area contributed by atoms with Gasteiger partial charge in [-0.15, -0.1) is 0 Å². The molecule has 0 aromatic heterocycles. The molecule has 3 aromatic carbocycles. The zero-order chi connectivity index (χ0) is 21.4. The summed E-state index contributed by atoms with van der Waals surface area (Å²) in [4.78, 5) is 15.1. The van der Waals surface area contributed by atoms with Gasteiger partial charge < -0.3 is 10.2 Å². The molecule has 3 nitrogen and oxygen atoms in total. The molecule has 2 atom stereocenters. The molecule has 3 aromatic rings. The number of benzene rings is 3. The van der Waals surface area contributed by atoms with Crippen LogP contribution in [0.15, 0.2) is 66.7 Å². The Morgan fingerprint density at radius 3 is 2.77 bits per heavy atom. The lowest BCUT2D eigenvalue weighted by Gasteiger charge is -2.34. The van der Waals surface area contributed by atoms with Crippen molar-refractivity contribution in [2.45, 2.75) is 45.6 Å². The Hall–Kier alpha value is -3.07. The number of nitrogens with zero attached hydrogens (tertiary/aromatic N) is 1. The second kappa shape index (κ2) is 8.22. The van der Waals surface area contributed by atoms with Crippen molar-refractivity contribution in [3.05, 3.63) is 94.5 Å². The number of hydrogen-bond acceptors (Lipinski definition) is 2. The van der Waals surface area contributed by atoms with Gasteiger partial charge in [0.25, 0.3) is 0 Å². The van der Waals surface area contributed by atoms with E-state index >= 15 is 0 Å². The third-order valence-corrected chi connectivity index (χ3v) is 6.76. The second-order valence-corrected chi connectivity index (χ2v) is 9.16. The van der Waals surface area contributed by atoms with E-state index in [0.717, 1.165) is 37.1 Å². The molecular weight excluding hydrogens is 380 g/mol. The molecule has 0 saturated carbocycles. The molecule has 0 fully saturated rings. The fraction of sp³-hybridized carbons (Fsp3) is 0.321. The zero-order valence-electron chi connectivity index (χ0n) is 18.4. The van der Waals surface area contributed by atoms with E-state index in [4.69, 9.17) is 0 Å². The summed E-state index contributed by atoms with van der Waals surface area (Å²) in [5, 5.41) is 3.75. The summed E-state index contributed by atoms with van der Waals surface area (Å²) >= 11 is 0. The monoisotopic (exact) mass is 410 g/mol. The zero-order valence-corrected chi connectivity index (χ0v) is 18.4. The molecule has 0 aliphatic carbocycles. The Morgan fingerprint density at radius 1 is 1.03 bits per heavy atom. The molecule has 2 aliphatic heterocycles. The maximum atomic E-state index is 13.1. The third kappa shape index (κ3) is 3.97. The summed E-state index contributed by atoms with van der Waals surface area (Å²) in [6.45, 7) is 5.28. The average Bonchev–Trinajstić information content (AvgIpc) is 2.78. The summed E-state index contributed by atoms with van der Waals surface area (Å²) in [6, 6.07) is 23.9. The van der Waals surface area contributed by atoms with E-state index in [1.54, 1.807) is 0 Å². The van der Waals surface area contributed by atoms with Crippen LogP contribution in [0.2, 0.25) is 0 Å². The van der Waals surface area contributed by atoms with Crippen LogP contribution in [0.5, 0.6) is 0 Å². The highest BCUT2D eigenvalue weighted by atomic mass is 16.2. The first-order chi connectivity index (χ1) is 15.1. The average molecular weight is 411 g/mol. The molecule has 31 heavy (non-hydrogen) atoms. The first-order valence-corrected chi connectivity index (χ1v) is 11.4. The van der Waals surface area contributed by atoms with Crippen molar-refractivity contribution in [1.82, 2.24) is 0 Å². The van der Waals surface area contributed by atoms with Crippen LogP contribution in [0.25, 0.3) is 0 Å². The van der Waals surface area contributed by atoms with Crippen molar-refractivity contribution in [3.8, 4) is 0 Å². The molecule has 1 N–H and O–H groups in total. The van der Waals surface area contributed by atoms with Gasteiger partial charge in [-0.05, 0) is 66.5 Å². The van der Waals surface area contributed by atoms with Gasteiger partial charge in [-0.1, -0.05) is 67.1 Å². The molecule has 0 bridgehead atoms. The van der Waals surface area contributed by atoms with E-state index < -0.39 is 0 Å². The van der Waals surface area contributed by atoms with Gasteiger partial charge in [0.1, 0.15) is 0 Å². The fourth-order valence-electron chi connectivity index (χ4n) is 5.18. The number of rotatable bonds is 3. The lowest BCUT2D eigenvalue weighted by Crippen LogP contribution is -2.36. The van der Waals surface area contributed by atoms with E-state index in [1.807, 2.05) is 11.0 Å². The number of fused-ring (bicyclic) bond motifs is 2. The number of carbonyl (C=O) groups is 1. The number of carbonyl (C=O) groups excluding carboxylic acids is 1. The van der Waals surface area contributed by atoms with Crippen LogP contribution in [-0.4, -0.2) is 12.5 Å². The molecule has 0 saturated heterocycles. The maximum Gasteiger partial charge on any atom is 0.231 e. The number of para-hydroxylation sites is 1. The smallest absolute Gasteiger partial charge is 0.231 e. The minimum atomic E-state index is 0.196.